The van der Waals surface area contributed by atoms with Crippen molar-refractivity contribution in [2.24, 2.45) is 0 Å². The summed E-state index contributed by atoms with van der Waals surface area (Å²) in [6.45, 7) is 8.32. The van der Waals surface area contributed by atoms with E-state index in [4.69, 9.17) is 4.42 Å². The Bertz CT molecular complexity index is 1030. The summed E-state index contributed by atoms with van der Waals surface area (Å²) in [7, 11) is 0. The molecule has 1 saturated carbocycles. The second-order valence-corrected chi connectivity index (χ2v) is 7.79. The maximum absolute atomic E-state index is 12.6. The minimum absolute atomic E-state index is 0.0581. The summed E-state index contributed by atoms with van der Waals surface area (Å²) < 4.78 is 7.90. The van der Waals surface area contributed by atoms with Crippen LogP contribution in [0.1, 0.15) is 53.6 Å². The van der Waals surface area contributed by atoms with Gasteiger partial charge in [0, 0.05) is 23.0 Å². The van der Waals surface area contributed by atoms with Crippen molar-refractivity contribution in [3.63, 3.8) is 0 Å². The zero-order valence-corrected chi connectivity index (χ0v) is 16.9. The zero-order valence-electron chi connectivity index (χ0n) is 16.9. The minimum Gasteiger partial charge on any atom is -0.420 e. The Balaban J connectivity index is 1.51. The first-order valence-electron chi connectivity index (χ1n) is 9.80. The number of benzene rings is 1. The number of hydrogen-bond acceptors (Lipinski definition) is 4. The maximum Gasteiger partial charge on any atom is 0.249 e. The summed E-state index contributed by atoms with van der Waals surface area (Å²) >= 11 is 0. The van der Waals surface area contributed by atoms with Crippen LogP contribution in [0.5, 0.6) is 0 Å². The number of carbonyl (C=O) groups is 1. The molecule has 1 aromatic carbocycles. The predicted molar refractivity (Wildman–Crippen MR) is 108 cm³/mol. The summed E-state index contributed by atoms with van der Waals surface area (Å²) in [4.78, 5) is 12.6. The second kappa shape index (κ2) is 7.26. The highest BCUT2D eigenvalue weighted by molar-refractivity contribution is 5.91. The topological polar surface area (TPSA) is 73.0 Å². The smallest absolute Gasteiger partial charge is 0.249 e. The first-order valence-corrected chi connectivity index (χ1v) is 9.80. The summed E-state index contributed by atoms with van der Waals surface area (Å²) in [6, 6.07) is 7.96. The van der Waals surface area contributed by atoms with Crippen molar-refractivity contribution < 1.29 is 9.21 Å². The fourth-order valence-corrected chi connectivity index (χ4v) is 3.59. The van der Waals surface area contributed by atoms with Gasteiger partial charge in [0.25, 0.3) is 0 Å². The largest absolute Gasteiger partial charge is 0.420 e. The average molecular weight is 378 g/mol. The van der Waals surface area contributed by atoms with Gasteiger partial charge >= 0.3 is 0 Å². The molecular weight excluding hydrogens is 352 g/mol. The van der Waals surface area contributed by atoms with E-state index in [0.717, 1.165) is 46.9 Å². The molecule has 1 aliphatic rings. The summed E-state index contributed by atoms with van der Waals surface area (Å²) in [5.41, 5.74) is 6.03. The van der Waals surface area contributed by atoms with Crippen LogP contribution in [0.2, 0.25) is 0 Å². The number of hydrogen-bond donors (Lipinski definition) is 1. The lowest BCUT2D eigenvalue weighted by atomic mass is 9.85. The first-order chi connectivity index (χ1) is 13.4. The van der Waals surface area contributed by atoms with Gasteiger partial charge in [-0.15, -0.1) is 10.2 Å². The molecule has 6 heteroatoms. The number of anilines is 1. The van der Waals surface area contributed by atoms with E-state index in [2.05, 4.69) is 22.4 Å². The van der Waals surface area contributed by atoms with Crippen molar-refractivity contribution in [2.45, 2.75) is 59.4 Å². The van der Waals surface area contributed by atoms with Crippen LogP contribution in [-0.4, -0.2) is 20.7 Å². The van der Waals surface area contributed by atoms with E-state index in [1.807, 2.05) is 49.6 Å². The lowest BCUT2D eigenvalue weighted by Crippen LogP contribution is -2.20. The van der Waals surface area contributed by atoms with Crippen molar-refractivity contribution in [1.29, 1.82) is 0 Å². The number of amides is 1. The molecule has 1 amide bonds. The third kappa shape index (κ3) is 3.46. The fourth-order valence-electron chi connectivity index (χ4n) is 3.59. The molecule has 0 bridgehead atoms. The molecule has 6 nitrogen and oxygen atoms in total. The second-order valence-electron chi connectivity index (χ2n) is 7.79. The van der Waals surface area contributed by atoms with E-state index in [-0.39, 0.29) is 12.5 Å². The minimum atomic E-state index is -0.0581. The molecular formula is C22H26N4O2. The number of nitrogens with one attached hydrogen (secondary N) is 1. The molecule has 28 heavy (non-hydrogen) atoms. The van der Waals surface area contributed by atoms with Gasteiger partial charge < -0.3 is 14.3 Å². The average Bonchev–Trinajstić information content (AvgIpc) is 3.17. The fraction of sp³-hybridized carbons (Fsp3) is 0.409. The summed E-state index contributed by atoms with van der Waals surface area (Å²) in [6.07, 6.45) is 3.48. The van der Waals surface area contributed by atoms with E-state index in [1.54, 1.807) is 0 Å². The lowest BCUT2D eigenvalue weighted by Gasteiger charge is -2.20. The highest BCUT2D eigenvalue weighted by Gasteiger charge is 2.26. The molecule has 1 fully saturated rings. The summed E-state index contributed by atoms with van der Waals surface area (Å²) in [5.74, 6) is 1.63. The number of rotatable bonds is 5. The number of carbonyl (C=O) groups excluding carboxylic acids is 1. The Kier molecular flexibility index (Phi) is 4.79. The van der Waals surface area contributed by atoms with Gasteiger partial charge in [-0.05, 0) is 69.9 Å². The van der Waals surface area contributed by atoms with Crippen LogP contribution in [0.15, 0.2) is 28.7 Å². The van der Waals surface area contributed by atoms with E-state index < -0.39 is 0 Å². The molecule has 0 radical (unpaired) electrons. The van der Waals surface area contributed by atoms with Gasteiger partial charge in [0.2, 0.25) is 17.7 Å². The SMILES string of the molecule is Cc1ccc(NC(=O)Cn2c(C)cc(-c3nnc(C4CCC4)o3)c2C)cc1C. The van der Waals surface area contributed by atoms with Gasteiger partial charge in [0.15, 0.2) is 0 Å². The van der Waals surface area contributed by atoms with Crippen LogP contribution in [0, 0.1) is 27.7 Å². The molecule has 0 unspecified atom stereocenters. The van der Waals surface area contributed by atoms with Gasteiger partial charge in [-0.2, -0.15) is 0 Å². The van der Waals surface area contributed by atoms with Crippen LogP contribution >= 0.6 is 0 Å². The number of aryl methyl sites for hydroxylation is 3. The van der Waals surface area contributed by atoms with E-state index >= 15 is 0 Å². The van der Waals surface area contributed by atoms with Gasteiger partial charge in [-0.3, -0.25) is 4.79 Å². The maximum atomic E-state index is 12.6. The monoisotopic (exact) mass is 378 g/mol. The third-order valence-corrected chi connectivity index (χ3v) is 5.79. The normalized spacial score (nSPS) is 14.1. The Morgan fingerprint density at radius 2 is 1.93 bits per heavy atom. The molecule has 0 atom stereocenters. The van der Waals surface area contributed by atoms with Crippen LogP contribution in [0.25, 0.3) is 11.5 Å². The van der Waals surface area contributed by atoms with E-state index in [9.17, 15) is 4.79 Å². The zero-order chi connectivity index (χ0) is 19.8. The van der Waals surface area contributed by atoms with Crippen LogP contribution in [0.3, 0.4) is 0 Å². The molecule has 0 spiro atoms. The molecule has 146 valence electrons. The van der Waals surface area contributed by atoms with Crippen molar-refractivity contribution in [2.75, 3.05) is 5.32 Å². The van der Waals surface area contributed by atoms with E-state index in [1.165, 1.54) is 12.0 Å². The molecule has 4 rings (SSSR count). The Morgan fingerprint density at radius 1 is 1.14 bits per heavy atom. The molecule has 2 heterocycles. The van der Waals surface area contributed by atoms with Gasteiger partial charge in [-0.1, -0.05) is 12.5 Å². The molecule has 2 aromatic heterocycles. The Hall–Kier alpha value is -2.89. The third-order valence-electron chi connectivity index (χ3n) is 5.79. The lowest BCUT2D eigenvalue weighted by molar-refractivity contribution is -0.116. The Labute approximate surface area is 165 Å². The van der Waals surface area contributed by atoms with E-state index in [0.29, 0.717) is 11.8 Å². The quantitative estimate of drug-likeness (QED) is 0.700. The standard InChI is InChI=1S/C22H26N4O2/c1-13-8-9-18(10-14(13)2)23-20(27)12-26-15(3)11-19(16(26)4)22-25-24-21(28-22)17-6-5-7-17/h8-11,17H,5-7,12H2,1-4H3,(H,23,27). The molecule has 0 saturated heterocycles. The predicted octanol–water partition coefficient (Wildman–Crippen LogP) is 4.68. The van der Waals surface area contributed by atoms with Crippen molar-refractivity contribution in [1.82, 2.24) is 14.8 Å². The molecule has 1 aliphatic carbocycles. The van der Waals surface area contributed by atoms with Crippen LogP contribution in [-0.2, 0) is 11.3 Å². The number of nitrogens with zero attached hydrogens (tertiary/aromatic N) is 3. The van der Waals surface area contributed by atoms with Crippen molar-refractivity contribution in [3.8, 4) is 11.5 Å². The van der Waals surface area contributed by atoms with Crippen molar-refractivity contribution in [3.05, 3.63) is 52.7 Å². The molecule has 3 aromatic rings. The van der Waals surface area contributed by atoms with Gasteiger partial charge in [0.1, 0.15) is 6.54 Å². The van der Waals surface area contributed by atoms with Crippen LogP contribution in [0.4, 0.5) is 5.69 Å². The highest BCUT2D eigenvalue weighted by Crippen LogP contribution is 2.37. The molecule has 0 aliphatic heterocycles. The van der Waals surface area contributed by atoms with Crippen molar-refractivity contribution >= 4 is 11.6 Å². The van der Waals surface area contributed by atoms with Gasteiger partial charge in [-0.25, -0.2) is 0 Å². The van der Waals surface area contributed by atoms with Crippen LogP contribution < -0.4 is 5.32 Å². The highest BCUT2D eigenvalue weighted by atomic mass is 16.4. The summed E-state index contributed by atoms with van der Waals surface area (Å²) in [5, 5.41) is 11.4. The molecule has 1 N–H and O–H groups in total. The van der Waals surface area contributed by atoms with Gasteiger partial charge in [0.05, 0.1) is 5.56 Å². The first kappa shape index (κ1) is 18.5. The number of aromatic nitrogens is 3. The Morgan fingerprint density at radius 3 is 2.61 bits per heavy atom.